The molecule has 1 radical (unpaired) electrons. The van der Waals surface area contributed by atoms with Crippen molar-refractivity contribution in [1.82, 2.24) is 0 Å². The second-order valence-corrected chi connectivity index (χ2v) is 6.94. The molecule has 1 atom stereocenters. The molecule has 0 aliphatic heterocycles. The minimum Gasteiger partial charge on any atom is -0.120 e. The Labute approximate surface area is 110 Å². The van der Waals surface area contributed by atoms with Crippen LogP contribution in [0.1, 0.15) is 36.2 Å². The SMILES string of the molecule is CCCCp1cccc1[C]1C=Cc2ccccc21. The first-order chi connectivity index (χ1) is 8.90. The molecule has 0 N–H and O–H groups in total. The molecule has 1 aromatic heterocycles. The Balaban J connectivity index is 1.93. The third-order valence-corrected chi connectivity index (χ3v) is 5.88. The number of aryl methyl sites for hydroxylation is 1. The highest BCUT2D eigenvalue weighted by atomic mass is 31.1. The van der Waals surface area contributed by atoms with Gasteiger partial charge in [0.1, 0.15) is 0 Å². The van der Waals surface area contributed by atoms with E-state index in [1.54, 1.807) is 5.30 Å². The average Bonchev–Trinajstić information content (AvgIpc) is 3.02. The Morgan fingerprint density at radius 2 is 1.89 bits per heavy atom. The van der Waals surface area contributed by atoms with Gasteiger partial charge in [-0.1, -0.05) is 61.9 Å². The Hall–Kier alpha value is -1.26. The van der Waals surface area contributed by atoms with Crippen LogP contribution in [0.3, 0.4) is 0 Å². The summed E-state index contributed by atoms with van der Waals surface area (Å²) in [6.45, 7) is 2.27. The number of rotatable bonds is 4. The number of unbranched alkanes of at least 4 members (excludes halogenated alkanes) is 1. The first-order valence-corrected chi connectivity index (χ1v) is 8.29. The highest BCUT2D eigenvalue weighted by Crippen LogP contribution is 2.46. The van der Waals surface area contributed by atoms with E-state index in [-0.39, 0.29) is 7.53 Å². The van der Waals surface area contributed by atoms with Crippen molar-refractivity contribution in [2.75, 3.05) is 0 Å². The van der Waals surface area contributed by atoms with E-state index in [4.69, 9.17) is 0 Å². The number of hydrogen-bond donors (Lipinski definition) is 0. The fraction of sp³-hybridized carbons (Fsp3) is 0.235. The minimum absolute atomic E-state index is 0.0576. The van der Waals surface area contributed by atoms with E-state index in [1.165, 1.54) is 36.0 Å². The first-order valence-electron chi connectivity index (χ1n) is 6.70. The number of hydrogen-bond acceptors (Lipinski definition) is 0. The maximum absolute atomic E-state index is 2.42. The van der Waals surface area contributed by atoms with Gasteiger partial charge in [-0.3, -0.25) is 0 Å². The molecule has 0 nitrogen and oxygen atoms in total. The van der Waals surface area contributed by atoms with Gasteiger partial charge in [0.2, 0.25) is 0 Å². The maximum Gasteiger partial charge on any atom is 0.0603 e. The summed E-state index contributed by atoms with van der Waals surface area (Å²) in [7, 11) is -0.0576. The first kappa shape index (κ1) is 11.8. The van der Waals surface area contributed by atoms with Gasteiger partial charge in [-0.15, -0.1) is 7.53 Å². The van der Waals surface area contributed by atoms with E-state index in [0.717, 1.165) is 0 Å². The second kappa shape index (κ2) is 5.16. The third kappa shape index (κ3) is 2.06. The molecule has 1 heteroatoms. The van der Waals surface area contributed by atoms with Crippen LogP contribution in [-0.2, 0) is 6.16 Å². The quantitative estimate of drug-likeness (QED) is 0.677. The molecule has 0 amide bonds. The van der Waals surface area contributed by atoms with E-state index < -0.39 is 0 Å². The number of benzene rings is 1. The van der Waals surface area contributed by atoms with E-state index in [9.17, 15) is 0 Å². The molecular formula is C17H18P. The molecule has 0 spiro atoms. The van der Waals surface area contributed by atoms with Crippen molar-refractivity contribution < 1.29 is 0 Å². The lowest BCUT2D eigenvalue weighted by molar-refractivity contribution is 0.855. The predicted octanol–water partition coefficient (Wildman–Crippen LogP) is 5.47. The van der Waals surface area contributed by atoms with Crippen molar-refractivity contribution in [1.29, 1.82) is 0 Å². The van der Waals surface area contributed by atoms with E-state index in [0.29, 0.717) is 0 Å². The molecule has 0 bridgehead atoms. The summed E-state index contributed by atoms with van der Waals surface area (Å²) in [6, 6.07) is 13.3. The van der Waals surface area contributed by atoms with Crippen molar-refractivity contribution in [2.45, 2.75) is 25.9 Å². The van der Waals surface area contributed by atoms with Crippen molar-refractivity contribution in [3.8, 4) is 0 Å². The Morgan fingerprint density at radius 1 is 1.00 bits per heavy atom. The fourth-order valence-electron chi connectivity index (χ4n) is 2.56. The van der Waals surface area contributed by atoms with E-state index in [1.807, 2.05) is 0 Å². The summed E-state index contributed by atoms with van der Waals surface area (Å²) in [6.07, 6.45) is 8.52. The normalized spacial score (nSPS) is 15.1. The molecule has 18 heavy (non-hydrogen) atoms. The molecule has 1 aromatic carbocycles. The van der Waals surface area contributed by atoms with Crippen molar-refractivity contribution >= 4 is 13.6 Å². The van der Waals surface area contributed by atoms with Crippen LogP contribution in [-0.4, -0.2) is 0 Å². The van der Waals surface area contributed by atoms with Crippen molar-refractivity contribution in [3.05, 3.63) is 70.6 Å². The van der Waals surface area contributed by atoms with Crippen LogP contribution in [0.5, 0.6) is 0 Å². The van der Waals surface area contributed by atoms with Gasteiger partial charge in [-0.05, 0) is 34.8 Å². The molecule has 0 saturated heterocycles. The summed E-state index contributed by atoms with van der Waals surface area (Å²) in [5.41, 5.74) is 2.78. The van der Waals surface area contributed by atoms with Gasteiger partial charge in [0.25, 0.3) is 0 Å². The van der Waals surface area contributed by atoms with Crippen LogP contribution < -0.4 is 0 Å². The summed E-state index contributed by atoms with van der Waals surface area (Å²) < 4.78 is 0. The van der Waals surface area contributed by atoms with Crippen LogP contribution >= 0.6 is 7.53 Å². The van der Waals surface area contributed by atoms with Crippen molar-refractivity contribution in [2.24, 2.45) is 0 Å². The van der Waals surface area contributed by atoms with Crippen LogP contribution in [0.25, 0.3) is 6.08 Å². The fourth-order valence-corrected chi connectivity index (χ4v) is 4.84. The van der Waals surface area contributed by atoms with Gasteiger partial charge < -0.3 is 0 Å². The minimum atomic E-state index is -0.0576. The second-order valence-electron chi connectivity index (χ2n) is 4.77. The Kier molecular flexibility index (Phi) is 3.39. The molecule has 3 rings (SSSR count). The van der Waals surface area contributed by atoms with Gasteiger partial charge in [-0.2, -0.15) is 0 Å². The molecule has 2 aromatic rings. The zero-order chi connectivity index (χ0) is 12.4. The molecule has 0 saturated carbocycles. The molecule has 1 aliphatic carbocycles. The van der Waals surface area contributed by atoms with Crippen LogP contribution in [0, 0.1) is 5.92 Å². The number of fused-ring (bicyclic) bond motifs is 1. The van der Waals surface area contributed by atoms with Gasteiger partial charge >= 0.3 is 0 Å². The largest absolute Gasteiger partial charge is 0.120 e. The summed E-state index contributed by atoms with van der Waals surface area (Å²) in [5.74, 6) is 3.88. The summed E-state index contributed by atoms with van der Waals surface area (Å²) in [5, 5.41) is 1.57. The van der Waals surface area contributed by atoms with Gasteiger partial charge in [0, 0.05) is 0 Å². The third-order valence-electron chi connectivity index (χ3n) is 3.54. The predicted molar refractivity (Wildman–Crippen MR) is 81.0 cm³/mol. The van der Waals surface area contributed by atoms with Gasteiger partial charge in [0.15, 0.2) is 0 Å². The van der Waals surface area contributed by atoms with Crippen molar-refractivity contribution in [3.63, 3.8) is 0 Å². The average molecular weight is 253 g/mol. The molecular weight excluding hydrogens is 235 g/mol. The monoisotopic (exact) mass is 253 g/mol. The highest BCUT2D eigenvalue weighted by Gasteiger charge is 2.21. The molecule has 1 heterocycles. The molecule has 91 valence electrons. The van der Waals surface area contributed by atoms with Gasteiger partial charge in [0.05, 0.1) is 5.92 Å². The summed E-state index contributed by atoms with van der Waals surface area (Å²) >= 11 is 0. The van der Waals surface area contributed by atoms with Crippen LogP contribution in [0.15, 0.2) is 48.3 Å². The highest BCUT2D eigenvalue weighted by molar-refractivity contribution is 7.49. The lowest BCUT2D eigenvalue weighted by atomic mass is 9.99. The maximum atomic E-state index is 2.42. The van der Waals surface area contributed by atoms with Crippen LogP contribution in [0.4, 0.5) is 0 Å². The van der Waals surface area contributed by atoms with Gasteiger partial charge in [-0.25, -0.2) is 0 Å². The zero-order valence-corrected chi connectivity index (χ0v) is 11.7. The smallest absolute Gasteiger partial charge is 0.0603 e. The molecule has 0 fully saturated rings. The molecule has 1 unspecified atom stereocenters. The van der Waals surface area contributed by atoms with E-state index in [2.05, 4.69) is 61.3 Å². The lowest BCUT2D eigenvalue weighted by Gasteiger charge is -2.12. The topological polar surface area (TPSA) is 0 Å². The Morgan fingerprint density at radius 3 is 2.78 bits per heavy atom. The Bertz CT molecular complexity index is 562. The zero-order valence-electron chi connectivity index (χ0n) is 10.8. The lowest BCUT2D eigenvalue weighted by Crippen LogP contribution is -1.94. The summed E-state index contributed by atoms with van der Waals surface area (Å²) in [4.78, 5) is 0. The van der Waals surface area contributed by atoms with E-state index >= 15 is 0 Å². The number of allylic oxidation sites excluding steroid dienone is 1. The molecule has 1 aliphatic rings. The van der Waals surface area contributed by atoms with Crippen LogP contribution in [0.2, 0.25) is 0 Å². The standard InChI is InChI=1S/C17H18P/c1-2-3-12-18-13-6-9-17(18)16-11-10-14-7-4-5-8-15(14)16/h4-11,13H,2-3,12H2,1H3.